The van der Waals surface area contributed by atoms with E-state index in [0.717, 1.165) is 10.6 Å². The average molecular weight is 249 g/mol. The van der Waals surface area contributed by atoms with E-state index in [9.17, 15) is 0 Å². The van der Waals surface area contributed by atoms with Crippen molar-refractivity contribution in [2.45, 2.75) is 27.7 Å². The monoisotopic (exact) mass is 248 g/mol. The van der Waals surface area contributed by atoms with Crippen LogP contribution in [0.15, 0.2) is 70.9 Å². The molecule has 0 aliphatic heterocycles. The number of hydrogen-bond acceptors (Lipinski definition) is 0. The molecule has 0 atom stereocenters. The third kappa shape index (κ3) is 6.13. The standard InChI is InChI=1S/C16H21Cl/c1-6-9-11-13(4)14(5)15(10-7-2)12-16(17)8-3/h6-12H,1H2,2-5H3/b10-7-,11-9-,14-13+,15-12+,16-8-. The molecule has 0 amide bonds. The summed E-state index contributed by atoms with van der Waals surface area (Å²) in [5.41, 5.74) is 3.54. The van der Waals surface area contributed by atoms with E-state index in [-0.39, 0.29) is 0 Å². The van der Waals surface area contributed by atoms with Gasteiger partial charge in [-0.3, -0.25) is 0 Å². The zero-order valence-corrected chi connectivity index (χ0v) is 11.9. The number of hydrogen-bond donors (Lipinski definition) is 0. The average Bonchev–Trinajstić information content (AvgIpc) is 2.34. The van der Waals surface area contributed by atoms with Crippen LogP contribution in [0.2, 0.25) is 0 Å². The summed E-state index contributed by atoms with van der Waals surface area (Å²) in [6.45, 7) is 11.8. The fourth-order valence-corrected chi connectivity index (χ4v) is 1.38. The molecule has 0 radical (unpaired) electrons. The molecule has 0 saturated carbocycles. The molecule has 1 heteroatoms. The summed E-state index contributed by atoms with van der Waals surface area (Å²) in [6.07, 6.45) is 13.7. The van der Waals surface area contributed by atoms with Gasteiger partial charge in [-0.15, -0.1) is 0 Å². The molecule has 17 heavy (non-hydrogen) atoms. The van der Waals surface area contributed by atoms with Gasteiger partial charge in [-0.25, -0.2) is 0 Å². The molecule has 0 aliphatic carbocycles. The van der Waals surface area contributed by atoms with Gasteiger partial charge in [0.05, 0.1) is 0 Å². The van der Waals surface area contributed by atoms with E-state index >= 15 is 0 Å². The van der Waals surface area contributed by atoms with Crippen LogP contribution in [-0.4, -0.2) is 0 Å². The van der Waals surface area contributed by atoms with Gasteiger partial charge < -0.3 is 0 Å². The smallest absolute Gasteiger partial charge is 0.0369 e. The van der Waals surface area contributed by atoms with Crippen LogP contribution in [-0.2, 0) is 0 Å². The molecule has 0 spiro atoms. The summed E-state index contributed by atoms with van der Waals surface area (Å²) < 4.78 is 0. The topological polar surface area (TPSA) is 0 Å². The largest absolute Gasteiger partial charge is 0.0991 e. The molecule has 92 valence electrons. The molecule has 0 saturated heterocycles. The molecular weight excluding hydrogens is 228 g/mol. The van der Waals surface area contributed by atoms with E-state index in [2.05, 4.69) is 26.5 Å². The third-order valence-corrected chi connectivity index (χ3v) is 2.75. The quantitative estimate of drug-likeness (QED) is 0.547. The van der Waals surface area contributed by atoms with Crippen molar-refractivity contribution in [1.82, 2.24) is 0 Å². The van der Waals surface area contributed by atoms with Crippen LogP contribution in [0.5, 0.6) is 0 Å². The predicted molar refractivity (Wildman–Crippen MR) is 80.2 cm³/mol. The predicted octanol–water partition coefficient (Wildman–Crippen LogP) is 5.71. The van der Waals surface area contributed by atoms with Crippen molar-refractivity contribution in [3.05, 3.63) is 70.9 Å². The minimum Gasteiger partial charge on any atom is -0.0991 e. The van der Waals surface area contributed by atoms with Crippen LogP contribution in [0.4, 0.5) is 0 Å². The van der Waals surface area contributed by atoms with Gasteiger partial charge in [-0.05, 0) is 50.5 Å². The SMILES string of the molecule is C=C\C=C/C(C)=C(C)/C(/C=C\C)=C/C(Cl)=C/C. The second-order valence-electron chi connectivity index (χ2n) is 3.68. The maximum absolute atomic E-state index is 6.04. The molecule has 0 heterocycles. The van der Waals surface area contributed by atoms with Crippen molar-refractivity contribution in [1.29, 1.82) is 0 Å². The Morgan fingerprint density at radius 3 is 2.24 bits per heavy atom. The highest BCUT2D eigenvalue weighted by atomic mass is 35.5. The van der Waals surface area contributed by atoms with Crippen LogP contribution >= 0.6 is 11.6 Å². The molecular formula is C16H21Cl. The van der Waals surface area contributed by atoms with Gasteiger partial charge in [0.25, 0.3) is 0 Å². The Morgan fingerprint density at radius 2 is 1.76 bits per heavy atom. The number of allylic oxidation sites excluding steroid dienone is 11. The van der Waals surface area contributed by atoms with Gasteiger partial charge >= 0.3 is 0 Å². The fraction of sp³-hybridized carbons (Fsp3) is 0.250. The molecule has 0 aromatic heterocycles. The second-order valence-corrected chi connectivity index (χ2v) is 4.11. The van der Waals surface area contributed by atoms with Gasteiger partial charge in [-0.1, -0.05) is 54.6 Å². The lowest BCUT2D eigenvalue weighted by atomic mass is 10.0. The molecule has 0 nitrogen and oxygen atoms in total. The Morgan fingerprint density at radius 1 is 1.12 bits per heavy atom. The first-order valence-corrected chi connectivity index (χ1v) is 6.07. The van der Waals surface area contributed by atoms with Crippen molar-refractivity contribution in [2.24, 2.45) is 0 Å². The highest BCUT2D eigenvalue weighted by molar-refractivity contribution is 6.31. The zero-order valence-electron chi connectivity index (χ0n) is 11.1. The first-order valence-electron chi connectivity index (χ1n) is 5.70. The highest BCUT2D eigenvalue weighted by Gasteiger charge is 1.99. The molecule has 0 aromatic rings. The molecule has 0 rings (SSSR count). The molecule has 0 aromatic carbocycles. The maximum Gasteiger partial charge on any atom is 0.0369 e. The van der Waals surface area contributed by atoms with Crippen molar-refractivity contribution in [3.63, 3.8) is 0 Å². The van der Waals surface area contributed by atoms with Crippen LogP contribution < -0.4 is 0 Å². The minimum atomic E-state index is 0.748. The second kappa shape index (κ2) is 8.83. The lowest BCUT2D eigenvalue weighted by Crippen LogP contribution is -1.86. The van der Waals surface area contributed by atoms with Gasteiger partial charge in [-0.2, -0.15) is 0 Å². The number of halogens is 1. The Hall–Kier alpha value is -1.27. The van der Waals surface area contributed by atoms with E-state index < -0.39 is 0 Å². The maximum atomic E-state index is 6.04. The van der Waals surface area contributed by atoms with E-state index in [0.29, 0.717) is 0 Å². The zero-order chi connectivity index (χ0) is 13.3. The molecule has 0 fully saturated rings. The summed E-state index contributed by atoms with van der Waals surface area (Å²) in [7, 11) is 0. The Kier molecular flexibility index (Phi) is 8.17. The minimum absolute atomic E-state index is 0.748. The van der Waals surface area contributed by atoms with Crippen LogP contribution in [0.3, 0.4) is 0 Å². The van der Waals surface area contributed by atoms with Gasteiger partial charge in [0.1, 0.15) is 0 Å². The first-order chi connectivity index (χ1) is 8.06. The van der Waals surface area contributed by atoms with Gasteiger partial charge in [0.2, 0.25) is 0 Å². The van der Waals surface area contributed by atoms with Crippen molar-refractivity contribution in [2.75, 3.05) is 0 Å². The summed E-state index contributed by atoms with van der Waals surface area (Å²) in [5.74, 6) is 0. The van der Waals surface area contributed by atoms with Crippen molar-refractivity contribution in [3.8, 4) is 0 Å². The summed E-state index contributed by atoms with van der Waals surface area (Å²) in [5, 5.41) is 0.748. The van der Waals surface area contributed by atoms with E-state index in [1.807, 2.05) is 44.2 Å². The third-order valence-electron chi connectivity index (χ3n) is 2.42. The van der Waals surface area contributed by atoms with Crippen LogP contribution in [0.1, 0.15) is 27.7 Å². The number of rotatable bonds is 5. The molecule has 0 unspecified atom stereocenters. The first kappa shape index (κ1) is 15.7. The van der Waals surface area contributed by atoms with Gasteiger partial charge in [0, 0.05) is 5.03 Å². The van der Waals surface area contributed by atoms with E-state index in [1.54, 1.807) is 6.08 Å². The van der Waals surface area contributed by atoms with E-state index in [1.165, 1.54) is 11.1 Å². The fourth-order valence-electron chi connectivity index (χ4n) is 1.26. The molecule has 0 bridgehead atoms. The lowest BCUT2D eigenvalue weighted by molar-refractivity contribution is 1.32. The summed E-state index contributed by atoms with van der Waals surface area (Å²) >= 11 is 6.04. The summed E-state index contributed by atoms with van der Waals surface area (Å²) in [4.78, 5) is 0. The van der Waals surface area contributed by atoms with E-state index in [4.69, 9.17) is 11.6 Å². The Bertz CT molecular complexity index is 401. The highest BCUT2D eigenvalue weighted by Crippen LogP contribution is 2.20. The Balaban J connectivity index is 5.41. The molecule has 0 aliphatic rings. The van der Waals surface area contributed by atoms with Crippen molar-refractivity contribution < 1.29 is 0 Å². The van der Waals surface area contributed by atoms with Crippen LogP contribution in [0, 0.1) is 0 Å². The lowest BCUT2D eigenvalue weighted by Gasteiger charge is -2.06. The Labute approximate surface area is 110 Å². The normalized spacial score (nSPS) is 15.6. The van der Waals surface area contributed by atoms with Gasteiger partial charge in [0.15, 0.2) is 0 Å². The van der Waals surface area contributed by atoms with Crippen molar-refractivity contribution >= 4 is 11.6 Å². The van der Waals surface area contributed by atoms with Crippen LogP contribution in [0.25, 0.3) is 0 Å². The summed E-state index contributed by atoms with van der Waals surface area (Å²) in [6, 6.07) is 0. The molecule has 0 N–H and O–H groups in total.